The van der Waals surface area contributed by atoms with Crippen LogP contribution < -0.4 is 10.5 Å². The Balaban J connectivity index is 2.05. The van der Waals surface area contributed by atoms with Crippen molar-refractivity contribution in [1.82, 2.24) is 13.9 Å². The van der Waals surface area contributed by atoms with Crippen molar-refractivity contribution in [3.63, 3.8) is 0 Å². The number of anilines is 1. The monoisotopic (exact) mass is 384 g/mol. The zero-order valence-electron chi connectivity index (χ0n) is 14.7. The van der Waals surface area contributed by atoms with Crippen molar-refractivity contribution in [1.29, 1.82) is 0 Å². The SMILES string of the molecule is CCc1ccc(-n2cnc3c(N(C)C)c4c(Cl)cnsc-4c3c2=O)cc1. The molecule has 0 amide bonds. The van der Waals surface area contributed by atoms with Gasteiger partial charge in [-0.2, -0.15) is 4.37 Å². The molecule has 26 heavy (non-hydrogen) atoms. The van der Waals surface area contributed by atoms with Crippen molar-refractivity contribution in [2.75, 3.05) is 19.0 Å². The molecule has 0 unspecified atom stereocenters. The second-order valence-electron chi connectivity index (χ2n) is 6.28. The number of benzene rings is 1. The molecule has 0 atom stereocenters. The molecule has 1 aromatic heterocycles. The summed E-state index contributed by atoms with van der Waals surface area (Å²) in [5.74, 6) is 0. The van der Waals surface area contributed by atoms with Gasteiger partial charge in [0, 0.05) is 19.7 Å². The van der Waals surface area contributed by atoms with Gasteiger partial charge in [-0.15, -0.1) is 0 Å². The molecule has 2 aliphatic rings. The Morgan fingerprint density at radius 2 is 1.96 bits per heavy atom. The second-order valence-corrected chi connectivity index (χ2v) is 7.49. The van der Waals surface area contributed by atoms with Crippen LogP contribution in [-0.4, -0.2) is 28.0 Å². The minimum Gasteiger partial charge on any atom is -0.375 e. The minimum atomic E-state index is -0.113. The standard InChI is InChI=1S/C19H17ClN4OS/c1-4-11-5-7-12(8-6-11)24-10-21-16-15(19(24)25)18-14(17(16)23(2)3)13(20)9-22-26-18/h5-10H,4H2,1-3H3. The third-order valence-corrected chi connectivity index (χ3v) is 5.59. The van der Waals surface area contributed by atoms with E-state index in [4.69, 9.17) is 11.6 Å². The smallest absolute Gasteiger partial charge is 0.267 e. The fourth-order valence-corrected chi connectivity index (χ4v) is 4.39. The maximum atomic E-state index is 13.3. The van der Waals surface area contributed by atoms with Gasteiger partial charge in [0.2, 0.25) is 0 Å². The van der Waals surface area contributed by atoms with Gasteiger partial charge in [0.25, 0.3) is 5.56 Å². The van der Waals surface area contributed by atoms with Gasteiger partial charge in [-0.1, -0.05) is 30.7 Å². The van der Waals surface area contributed by atoms with E-state index in [1.54, 1.807) is 17.1 Å². The molecular weight excluding hydrogens is 368 g/mol. The Labute approximate surface area is 160 Å². The average Bonchev–Trinajstić information content (AvgIpc) is 2.99. The first-order valence-corrected chi connectivity index (χ1v) is 9.42. The van der Waals surface area contributed by atoms with E-state index in [0.29, 0.717) is 15.9 Å². The lowest BCUT2D eigenvalue weighted by molar-refractivity contribution is 0.961. The summed E-state index contributed by atoms with van der Waals surface area (Å²) >= 11 is 7.67. The number of rotatable bonds is 3. The summed E-state index contributed by atoms with van der Waals surface area (Å²) in [4.78, 5) is 20.6. The van der Waals surface area contributed by atoms with Crippen molar-refractivity contribution in [3.8, 4) is 16.1 Å². The van der Waals surface area contributed by atoms with Crippen molar-refractivity contribution in [2.45, 2.75) is 13.3 Å². The topological polar surface area (TPSA) is 51.0 Å². The number of fused-ring (bicyclic) bond motifs is 3. The summed E-state index contributed by atoms with van der Waals surface area (Å²) in [5, 5.41) is 1.09. The molecule has 0 saturated heterocycles. The first-order valence-electron chi connectivity index (χ1n) is 8.26. The molecule has 0 bridgehead atoms. The van der Waals surface area contributed by atoms with E-state index in [2.05, 4.69) is 16.3 Å². The van der Waals surface area contributed by atoms with E-state index in [1.165, 1.54) is 17.1 Å². The number of aryl methyl sites for hydroxylation is 1. The zero-order chi connectivity index (χ0) is 18.4. The predicted octanol–water partition coefficient (Wildman–Crippen LogP) is 4.23. The maximum absolute atomic E-state index is 13.3. The van der Waals surface area contributed by atoms with Gasteiger partial charge < -0.3 is 4.90 Å². The molecule has 0 N–H and O–H groups in total. The lowest BCUT2D eigenvalue weighted by Gasteiger charge is -2.14. The minimum absolute atomic E-state index is 0.113. The number of halogens is 1. The van der Waals surface area contributed by atoms with Gasteiger partial charge in [-0.3, -0.25) is 9.36 Å². The van der Waals surface area contributed by atoms with Crippen LogP contribution in [-0.2, 0) is 6.42 Å². The zero-order valence-corrected chi connectivity index (χ0v) is 16.2. The first-order chi connectivity index (χ1) is 12.5. The Hall–Kier alpha value is -2.44. The van der Waals surface area contributed by atoms with E-state index >= 15 is 0 Å². The van der Waals surface area contributed by atoms with Gasteiger partial charge in [0.1, 0.15) is 11.8 Å². The van der Waals surface area contributed by atoms with Gasteiger partial charge in [-0.05, 0) is 35.6 Å². The van der Waals surface area contributed by atoms with Crippen LogP contribution in [0.4, 0.5) is 5.69 Å². The van der Waals surface area contributed by atoms with Crippen LogP contribution in [0.3, 0.4) is 0 Å². The van der Waals surface area contributed by atoms with Crippen molar-refractivity contribution < 1.29 is 0 Å². The van der Waals surface area contributed by atoms with Crippen LogP contribution in [0.25, 0.3) is 27.0 Å². The third-order valence-electron chi connectivity index (χ3n) is 4.51. The Morgan fingerprint density at radius 1 is 1.23 bits per heavy atom. The van der Waals surface area contributed by atoms with Gasteiger partial charge in [-0.25, -0.2) is 4.98 Å². The molecule has 1 aliphatic heterocycles. The highest BCUT2D eigenvalue weighted by atomic mass is 35.5. The molecule has 132 valence electrons. The van der Waals surface area contributed by atoms with Crippen molar-refractivity contribution in [2.24, 2.45) is 0 Å². The van der Waals surface area contributed by atoms with Gasteiger partial charge in [0.05, 0.1) is 32.9 Å². The van der Waals surface area contributed by atoms with E-state index in [1.807, 2.05) is 43.3 Å². The number of hydrogen-bond acceptors (Lipinski definition) is 5. The van der Waals surface area contributed by atoms with E-state index in [9.17, 15) is 4.79 Å². The number of aromatic nitrogens is 3. The summed E-state index contributed by atoms with van der Waals surface area (Å²) in [7, 11) is 3.85. The molecule has 2 aromatic rings. The fraction of sp³-hybridized carbons (Fsp3) is 0.211. The van der Waals surface area contributed by atoms with Crippen molar-refractivity contribution >= 4 is 39.7 Å². The average molecular weight is 385 g/mol. The van der Waals surface area contributed by atoms with Crippen molar-refractivity contribution in [3.05, 3.63) is 57.7 Å². The molecule has 2 heterocycles. The molecule has 4 rings (SSSR count). The molecule has 0 saturated carbocycles. The lowest BCUT2D eigenvalue weighted by atomic mass is 10.1. The molecule has 1 aliphatic carbocycles. The maximum Gasteiger partial charge on any atom is 0.267 e. The molecule has 7 heteroatoms. The van der Waals surface area contributed by atoms with Crippen LogP contribution in [0, 0.1) is 0 Å². The van der Waals surface area contributed by atoms with Crippen LogP contribution >= 0.6 is 23.1 Å². The quantitative estimate of drug-likeness (QED) is 0.530. The van der Waals surface area contributed by atoms with Crippen LogP contribution in [0.2, 0.25) is 5.02 Å². The predicted molar refractivity (Wildman–Crippen MR) is 108 cm³/mol. The molecule has 5 nitrogen and oxygen atoms in total. The van der Waals surface area contributed by atoms with Crippen LogP contribution in [0.1, 0.15) is 12.5 Å². The van der Waals surface area contributed by atoms with Crippen LogP contribution in [0.15, 0.2) is 41.6 Å². The Bertz CT molecular complexity index is 1130. The Kier molecular flexibility index (Phi) is 4.17. The van der Waals surface area contributed by atoms with E-state index < -0.39 is 0 Å². The highest BCUT2D eigenvalue weighted by molar-refractivity contribution is 7.10. The highest BCUT2D eigenvalue weighted by Crippen LogP contribution is 2.47. The van der Waals surface area contributed by atoms with Gasteiger partial charge in [0.15, 0.2) is 0 Å². The summed E-state index contributed by atoms with van der Waals surface area (Å²) in [6.45, 7) is 2.10. The lowest BCUT2D eigenvalue weighted by Crippen LogP contribution is -2.18. The third kappa shape index (κ3) is 2.48. The normalized spacial score (nSPS) is 11.4. The summed E-state index contributed by atoms with van der Waals surface area (Å²) in [6, 6.07) is 7.95. The summed E-state index contributed by atoms with van der Waals surface area (Å²) < 4.78 is 5.79. The largest absolute Gasteiger partial charge is 0.375 e. The number of hydrogen-bond donors (Lipinski definition) is 0. The molecule has 0 spiro atoms. The second kappa shape index (κ2) is 6.37. The summed E-state index contributed by atoms with van der Waals surface area (Å²) in [6.07, 6.45) is 4.16. The van der Waals surface area contributed by atoms with E-state index in [-0.39, 0.29) is 5.56 Å². The molecule has 0 radical (unpaired) electrons. The molecule has 1 aromatic carbocycles. The molecular formula is C19H17ClN4OS. The fourth-order valence-electron chi connectivity index (χ4n) is 3.20. The van der Waals surface area contributed by atoms with Gasteiger partial charge >= 0.3 is 0 Å². The molecule has 0 fully saturated rings. The van der Waals surface area contributed by atoms with Crippen LogP contribution in [0.5, 0.6) is 0 Å². The highest BCUT2D eigenvalue weighted by Gasteiger charge is 2.27. The number of nitrogens with zero attached hydrogens (tertiary/aromatic N) is 4. The summed E-state index contributed by atoms with van der Waals surface area (Å²) in [5.41, 5.74) is 4.24. The van der Waals surface area contributed by atoms with E-state index in [0.717, 1.165) is 28.2 Å². The Morgan fingerprint density at radius 3 is 2.62 bits per heavy atom. The first kappa shape index (κ1) is 17.0.